The number of carbonyl (C=O) groups excluding carboxylic acids is 1. The van der Waals surface area contributed by atoms with Gasteiger partial charge in [-0.05, 0) is 12.1 Å². The third-order valence-electron chi connectivity index (χ3n) is 3.93. The number of imidazole rings is 2. The van der Waals surface area contributed by atoms with Crippen LogP contribution in [-0.4, -0.2) is 57.6 Å². The molecule has 28 heavy (non-hydrogen) atoms. The summed E-state index contributed by atoms with van der Waals surface area (Å²) in [5, 5.41) is -0.293. The molecule has 3 aromatic rings. The fourth-order valence-corrected chi connectivity index (χ4v) is 3.50. The number of rotatable bonds is 5. The van der Waals surface area contributed by atoms with Gasteiger partial charge in [-0.2, -0.15) is 13.2 Å². The van der Waals surface area contributed by atoms with Crippen LogP contribution in [0.1, 0.15) is 16.3 Å². The van der Waals surface area contributed by atoms with Crippen LogP contribution in [0.5, 0.6) is 0 Å². The molecule has 3 aromatic heterocycles. The lowest BCUT2D eigenvalue weighted by atomic mass is 10.3. The highest BCUT2D eigenvalue weighted by Gasteiger charge is 2.30. The summed E-state index contributed by atoms with van der Waals surface area (Å²) < 4.78 is 64.0. The fraction of sp³-hybridized carbons (Fsp3) is 0.312. The Hall–Kier alpha value is -2.89. The van der Waals surface area contributed by atoms with E-state index in [2.05, 4.69) is 9.97 Å². The average Bonchev–Trinajstić information content (AvgIpc) is 3.17. The minimum absolute atomic E-state index is 0.0417. The number of pyridine rings is 1. The third-order valence-corrected chi connectivity index (χ3v) is 4.88. The van der Waals surface area contributed by atoms with Crippen LogP contribution in [0.2, 0.25) is 0 Å². The van der Waals surface area contributed by atoms with Gasteiger partial charge in [0.2, 0.25) is 15.0 Å². The SMILES string of the molecule is CN(Cc1nccn1CC(F)(F)F)C(=O)c1nc(S(C)(=O)=O)n2ccccc12. The van der Waals surface area contributed by atoms with Crippen molar-refractivity contribution in [2.45, 2.75) is 24.4 Å². The van der Waals surface area contributed by atoms with E-state index in [-0.39, 0.29) is 28.7 Å². The molecule has 0 aliphatic heterocycles. The molecule has 0 atom stereocenters. The van der Waals surface area contributed by atoms with Gasteiger partial charge < -0.3 is 9.47 Å². The zero-order valence-electron chi connectivity index (χ0n) is 14.9. The molecule has 0 radical (unpaired) electrons. The van der Waals surface area contributed by atoms with Crippen molar-refractivity contribution in [2.24, 2.45) is 0 Å². The largest absolute Gasteiger partial charge is 0.406 e. The van der Waals surface area contributed by atoms with Crippen molar-refractivity contribution in [1.29, 1.82) is 0 Å². The van der Waals surface area contributed by atoms with Crippen LogP contribution in [0.25, 0.3) is 5.52 Å². The first kappa shape index (κ1) is 19.9. The average molecular weight is 415 g/mol. The molecule has 0 saturated carbocycles. The maximum absolute atomic E-state index is 12.8. The number of halogens is 3. The van der Waals surface area contributed by atoms with E-state index in [1.54, 1.807) is 12.1 Å². The van der Waals surface area contributed by atoms with E-state index < -0.39 is 28.5 Å². The summed E-state index contributed by atoms with van der Waals surface area (Å²) >= 11 is 0. The number of hydrogen-bond donors (Lipinski definition) is 0. The van der Waals surface area contributed by atoms with E-state index in [0.717, 1.165) is 15.7 Å². The number of sulfone groups is 1. The number of amides is 1. The van der Waals surface area contributed by atoms with Crippen LogP contribution < -0.4 is 0 Å². The minimum atomic E-state index is -4.43. The van der Waals surface area contributed by atoms with Crippen LogP contribution in [0.15, 0.2) is 41.9 Å². The third kappa shape index (κ3) is 4.01. The van der Waals surface area contributed by atoms with Gasteiger partial charge in [0, 0.05) is 31.9 Å². The summed E-state index contributed by atoms with van der Waals surface area (Å²) in [5.74, 6) is -0.597. The van der Waals surface area contributed by atoms with Crippen molar-refractivity contribution in [3.05, 3.63) is 48.3 Å². The van der Waals surface area contributed by atoms with Crippen molar-refractivity contribution in [3.8, 4) is 0 Å². The number of aromatic nitrogens is 4. The Kier molecular flexibility index (Phi) is 4.91. The molecule has 8 nitrogen and oxygen atoms in total. The molecule has 12 heteroatoms. The standard InChI is InChI=1S/C16H16F3N5O3S/c1-22(9-12-20-6-8-23(12)10-16(17,18)19)14(25)13-11-5-3-4-7-24(11)15(21-13)28(2,26)27/h3-8H,9-10H2,1-2H3. The molecular weight excluding hydrogens is 399 g/mol. The van der Waals surface area contributed by atoms with Crippen molar-refractivity contribution in [2.75, 3.05) is 13.3 Å². The molecule has 0 aliphatic carbocycles. The number of alkyl halides is 3. The zero-order chi connectivity index (χ0) is 20.7. The van der Waals surface area contributed by atoms with Crippen LogP contribution in [0.4, 0.5) is 13.2 Å². The molecule has 0 fully saturated rings. The second kappa shape index (κ2) is 6.93. The summed E-state index contributed by atoms with van der Waals surface area (Å²) in [5.41, 5.74) is 0.163. The summed E-state index contributed by atoms with van der Waals surface area (Å²) in [7, 11) is -2.33. The van der Waals surface area contributed by atoms with E-state index in [0.29, 0.717) is 0 Å². The molecule has 0 spiro atoms. The number of hydrogen-bond acceptors (Lipinski definition) is 5. The van der Waals surface area contributed by atoms with Gasteiger partial charge in [-0.25, -0.2) is 18.4 Å². The Morgan fingerprint density at radius 3 is 2.61 bits per heavy atom. The quantitative estimate of drug-likeness (QED) is 0.634. The predicted molar refractivity (Wildman–Crippen MR) is 92.4 cm³/mol. The van der Waals surface area contributed by atoms with Crippen molar-refractivity contribution >= 4 is 21.3 Å². The minimum Gasteiger partial charge on any atom is -0.333 e. The van der Waals surface area contributed by atoms with Crippen LogP contribution in [0.3, 0.4) is 0 Å². The van der Waals surface area contributed by atoms with E-state index >= 15 is 0 Å². The first-order valence-electron chi connectivity index (χ1n) is 7.97. The fourth-order valence-electron chi connectivity index (χ4n) is 2.72. The Balaban J connectivity index is 1.93. The Morgan fingerprint density at radius 2 is 1.96 bits per heavy atom. The van der Waals surface area contributed by atoms with E-state index in [4.69, 9.17) is 0 Å². The smallest absolute Gasteiger partial charge is 0.333 e. The molecule has 3 rings (SSSR count). The van der Waals surface area contributed by atoms with E-state index in [1.165, 1.54) is 36.1 Å². The molecule has 0 unspecified atom stereocenters. The summed E-state index contributed by atoms with van der Waals surface area (Å²) in [6.07, 6.45) is 0.400. The first-order chi connectivity index (χ1) is 13.0. The van der Waals surface area contributed by atoms with Gasteiger partial charge in [-0.15, -0.1) is 0 Å². The summed E-state index contributed by atoms with van der Waals surface area (Å²) in [6, 6.07) is 4.75. The lowest BCUT2D eigenvalue weighted by Crippen LogP contribution is -2.29. The number of nitrogens with zero attached hydrogens (tertiary/aromatic N) is 5. The second-order valence-corrected chi connectivity index (χ2v) is 8.13. The van der Waals surface area contributed by atoms with Crippen LogP contribution in [0, 0.1) is 0 Å². The topological polar surface area (TPSA) is 89.6 Å². The van der Waals surface area contributed by atoms with Gasteiger partial charge in [-0.1, -0.05) is 6.07 Å². The molecule has 0 aromatic carbocycles. The zero-order valence-corrected chi connectivity index (χ0v) is 15.7. The highest BCUT2D eigenvalue weighted by molar-refractivity contribution is 7.90. The Bertz CT molecular complexity index is 1130. The van der Waals surface area contributed by atoms with Gasteiger partial charge >= 0.3 is 6.18 Å². The molecule has 3 heterocycles. The first-order valence-corrected chi connectivity index (χ1v) is 9.86. The van der Waals surface area contributed by atoms with Gasteiger partial charge in [0.1, 0.15) is 12.4 Å². The molecule has 0 bridgehead atoms. The van der Waals surface area contributed by atoms with Gasteiger partial charge in [0.15, 0.2) is 5.69 Å². The second-order valence-electron chi connectivity index (χ2n) is 6.22. The molecule has 0 N–H and O–H groups in total. The van der Waals surface area contributed by atoms with Crippen molar-refractivity contribution in [3.63, 3.8) is 0 Å². The van der Waals surface area contributed by atoms with Crippen LogP contribution >= 0.6 is 0 Å². The molecule has 0 aliphatic rings. The predicted octanol–water partition coefficient (Wildman–Crippen LogP) is 1.77. The number of carbonyl (C=O) groups is 1. The normalized spacial score (nSPS) is 12.5. The molecule has 150 valence electrons. The van der Waals surface area contributed by atoms with E-state index in [9.17, 15) is 26.4 Å². The monoisotopic (exact) mass is 415 g/mol. The highest BCUT2D eigenvalue weighted by Crippen LogP contribution is 2.21. The number of fused-ring (bicyclic) bond motifs is 1. The van der Waals surface area contributed by atoms with Crippen LogP contribution in [-0.2, 0) is 22.9 Å². The van der Waals surface area contributed by atoms with Crippen molar-refractivity contribution in [1.82, 2.24) is 23.8 Å². The van der Waals surface area contributed by atoms with Gasteiger partial charge in [-0.3, -0.25) is 9.20 Å². The Morgan fingerprint density at radius 1 is 1.25 bits per heavy atom. The lowest BCUT2D eigenvalue weighted by molar-refractivity contribution is -0.141. The lowest BCUT2D eigenvalue weighted by Gasteiger charge is -2.17. The highest BCUT2D eigenvalue weighted by atomic mass is 32.2. The summed E-state index contributed by atoms with van der Waals surface area (Å²) in [6.45, 7) is -1.43. The maximum atomic E-state index is 12.8. The van der Waals surface area contributed by atoms with E-state index in [1.807, 2.05) is 0 Å². The van der Waals surface area contributed by atoms with Gasteiger partial charge in [0.05, 0.1) is 12.1 Å². The molecule has 0 saturated heterocycles. The molecular formula is C16H16F3N5O3S. The molecule has 1 amide bonds. The van der Waals surface area contributed by atoms with Gasteiger partial charge in [0.25, 0.3) is 5.91 Å². The van der Waals surface area contributed by atoms with Crippen molar-refractivity contribution < 1.29 is 26.4 Å². The summed E-state index contributed by atoms with van der Waals surface area (Å²) in [4.78, 5) is 21.8. The Labute approximate surface area is 158 Å². The maximum Gasteiger partial charge on any atom is 0.406 e.